The number of hydrogen-bond acceptors (Lipinski definition) is 2. The van der Waals surface area contributed by atoms with E-state index < -0.39 is 6.10 Å². The second-order valence-corrected chi connectivity index (χ2v) is 6.34. The van der Waals surface area contributed by atoms with Crippen LogP contribution in [0.2, 0.25) is 0 Å². The lowest BCUT2D eigenvalue weighted by molar-refractivity contribution is -0.0482. The third-order valence-corrected chi connectivity index (χ3v) is 3.24. The first-order valence-corrected chi connectivity index (χ1v) is 7.40. The van der Waals surface area contributed by atoms with Gasteiger partial charge in [-0.05, 0) is 37.5 Å². The van der Waals surface area contributed by atoms with E-state index in [2.05, 4.69) is 36.4 Å². The van der Waals surface area contributed by atoms with Crippen LogP contribution in [0.5, 0.6) is 0 Å². The highest BCUT2D eigenvalue weighted by atomic mass is 16.5. The second kappa shape index (κ2) is 6.88. The minimum Gasteiger partial charge on any atom is -0.390 e. The van der Waals surface area contributed by atoms with Crippen molar-refractivity contribution in [1.82, 2.24) is 0 Å². The molecule has 2 aromatic rings. The minimum atomic E-state index is -0.466. The third kappa shape index (κ3) is 5.33. The van der Waals surface area contributed by atoms with Gasteiger partial charge in [-0.15, -0.1) is 0 Å². The Kier molecular flexibility index (Phi) is 5.16. The van der Waals surface area contributed by atoms with Crippen LogP contribution >= 0.6 is 0 Å². The SMILES string of the molecule is CC(C)(C)OCC(O)Cc1ccc(-c2ccccc2)cc1. The smallest absolute Gasteiger partial charge is 0.0814 e. The Morgan fingerprint density at radius 1 is 0.905 bits per heavy atom. The maximum Gasteiger partial charge on any atom is 0.0814 e. The van der Waals surface area contributed by atoms with Crippen LogP contribution in [-0.4, -0.2) is 23.4 Å². The minimum absolute atomic E-state index is 0.210. The highest BCUT2D eigenvalue weighted by Gasteiger charge is 2.14. The van der Waals surface area contributed by atoms with Gasteiger partial charge in [0, 0.05) is 6.42 Å². The van der Waals surface area contributed by atoms with E-state index in [0.717, 1.165) is 5.56 Å². The summed E-state index contributed by atoms with van der Waals surface area (Å²) in [6, 6.07) is 18.6. The van der Waals surface area contributed by atoms with Crippen molar-refractivity contribution in [3.8, 4) is 11.1 Å². The topological polar surface area (TPSA) is 29.5 Å². The van der Waals surface area contributed by atoms with Crippen LogP contribution in [0.3, 0.4) is 0 Å². The first kappa shape index (κ1) is 15.7. The number of ether oxygens (including phenoxy) is 1. The molecule has 0 amide bonds. The molecular weight excluding hydrogens is 260 g/mol. The monoisotopic (exact) mass is 284 g/mol. The maximum atomic E-state index is 10.0. The number of aliphatic hydroxyl groups excluding tert-OH is 1. The van der Waals surface area contributed by atoms with Crippen LogP contribution in [0.1, 0.15) is 26.3 Å². The molecule has 2 nitrogen and oxygen atoms in total. The quantitative estimate of drug-likeness (QED) is 0.896. The highest BCUT2D eigenvalue weighted by Crippen LogP contribution is 2.20. The van der Waals surface area contributed by atoms with E-state index in [1.165, 1.54) is 11.1 Å². The van der Waals surface area contributed by atoms with E-state index in [-0.39, 0.29) is 5.60 Å². The van der Waals surface area contributed by atoms with Crippen molar-refractivity contribution in [2.24, 2.45) is 0 Å². The molecule has 2 heteroatoms. The predicted molar refractivity (Wildman–Crippen MR) is 87.3 cm³/mol. The van der Waals surface area contributed by atoms with Crippen LogP contribution in [0.15, 0.2) is 54.6 Å². The van der Waals surface area contributed by atoms with Gasteiger partial charge in [0.05, 0.1) is 18.3 Å². The van der Waals surface area contributed by atoms with Gasteiger partial charge in [-0.2, -0.15) is 0 Å². The van der Waals surface area contributed by atoms with Gasteiger partial charge >= 0.3 is 0 Å². The summed E-state index contributed by atoms with van der Waals surface area (Å²) in [6.07, 6.45) is 0.150. The molecule has 0 saturated heterocycles. The van der Waals surface area contributed by atoms with Crippen molar-refractivity contribution in [3.63, 3.8) is 0 Å². The van der Waals surface area contributed by atoms with Crippen LogP contribution in [-0.2, 0) is 11.2 Å². The zero-order valence-electron chi connectivity index (χ0n) is 13.0. The molecule has 1 unspecified atom stereocenters. The molecule has 0 aliphatic carbocycles. The summed E-state index contributed by atoms with van der Waals surface area (Å²) in [4.78, 5) is 0. The van der Waals surface area contributed by atoms with Gasteiger partial charge in [-0.3, -0.25) is 0 Å². The molecule has 0 aliphatic heterocycles. The molecule has 112 valence electrons. The van der Waals surface area contributed by atoms with E-state index >= 15 is 0 Å². The first-order chi connectivity index (χ1) is 9.94. The van der Waals surface area contributed by atoms with Gasteiger partial charge in [0.25, 0.3) is 0 Å². The zero-order valence-corrected chi connectivity index (χ0v) is 13.0. The fourth-order valence-corrected chi connectivity index (χ4v) is 2.14. The Morgan fingerprint density at radius 3 is 2.05 bits per heavy atom. The Morgan fingerprint density at radius 2 is 1.48 bits per heavy atom. The van der Waals surface area contributed by atoms with Crippen molar-refractivity contribution in [3.05, 3.63) is 60.2 Å². The molecule has 0 aliphatic rings. The van der Waals surface area contributed by atoms with Crippen LogP contribution in [0, 0.1) is 0 Å². The fourth-order valence-electron chi connectivity index (χ4n) is 2.14. The van der Waals surface area contributed by atoms with E-state index in [0.29, 0.717) is 13.0 Å². The van der Waals surface area contributed by atoms with Crippen molar-refractivity contribution >= 4 is 0 Å². The van der Waals surface area contributed by atoms with Gasteiger partial charge in [0.15, 0.2) is 0 Å². The zero-order chi connectivity index (χ0) is 15.3. The Bertz CT molecular complexity index is 538. The summed E-state index contributed by atoms with van der Waals surface area (Å²) in [5.41, 5.74) is 3.32. The van der Waals surface area contributed by atoms with E-state index in [9.17, 15) is 5.11 Å². The largest absolute Gasteiger partial charge is 0.390 e. The molecule has 0 bridgehead atoms. The standard InChI is InChI=1S/C19H24O2/c1-19(2,3)21-14-18(20)13-15-9-11-17(12-10-15)16-7-5-4-6-8-16/h4-12,18,20H,13-14H2,1-3H3. The van der Waals surface area contributed by atoms with Gasteiger partial charge in [-0.1, -0.05) is 54.6 Å². The molecule has 0 saturated carbocycles. The lowest BCUT2D eigenvalue weighted by Crippen LogP contribution is -2.27. The Hall–Kier alpha value is -1.64. The summed E-state index contributed by atoms with van der Waals surface area (Å²) in [7, 11) is 0. The molecule has 0 spiro atoms. The van der Waals surface area contributed by atoms with Crippen molar-refractivity contribution < 1.29 is 9.84 Å². The second-order valence-electron chi connectivity index (χ2n) is 6.34. The van der Waals surface area contributed by atoms with Crippen LogP contribution in [0.25, 0.3) is 11.1 Å². The summed E-state index contributed by atoms with van der Waals surface area (Å²) < 4.78 is 5.61. The predicted octanol–water partition coefficient (Wildman–Crippen LogP) is 4.07. The molecule has 2 rings (SSSR count). The molecule has 0 heterocycles. The molecule has 2 aromatic carbocycles. The van der Waals surface area contributed by atoms with Gasteiger partial charge in [0.2, 0.25) is 0 Å². The van der Waals surface area contributed by atoms with Crippen molar-refractivity contribution in [2.45, 2.75) is 38.9 Å². The number of benzene rings is 2. The molecule has 0 fully saturated rings. The molecule has 21 heavy (non-hydrogen) atoms. The molecule has 0 aromatic heterocycles. The van der Waals surface area contributed by atoms with Gasteiger partial charge in [0.1, 0.15) is 0 Å². The fraction of sp³-hybridized carbons (Fsp3) is 0.368. The number of hydrogen-bond donors (Lipinski definition) is 1. The highest BCUT2D eigenvalue weighted by molar-refractivity contribution is 5.63. The maximum absolute atomic E-state index is 10.0. The van der Waals surface area contributed by atoms with Crippen LogP contribution < -0.4 is 0 Å². The number of rotatable bonds is 5. The average Bonchev–Trinajstić information content (AvgIpc) is 2.46. The Labute approximate surface area is 127 Å². The van der Waals surface area contributed by atoms with Crippen LogP contribution in [0.4, 0.5) is 0 Å². The third-order valence-electron chi connectivity index (χ3n) is 3.24. The lowest BCUT2D eigenvalue weighted by Gasteiger charge is -2.22. The van der Waals surface area contributed by atoms with E-state index in [1.807, 2.05) is 39.0 Å². The van der Waals surface area contributed by atoms with Crippen molar-refractivity contribution in [1.29, 1.82) is 0 Å². The van der Waals surface area contributed by atoms with E-state index in [1.54, 1.807) is 0 Å². The summed E-state index contributed by atoms with van der Waals surface area (Å²) in [5.74, 6) is 0. The van der Waals surface area contributed by atoms with Gasteiger partial charge < -0.3 is 9.84 Å². The lowest BCUT2D eigenvalue weighted by atomic mass is 10.0. The van der Waals surface area contributed by atoms with E-state index in [4.69, 9.17) is 4.74 Å². The first-order valence-electron chi connectivity index (χ1n) is 7.40. The summed E-state index contributed by atoms with van der Waals surface area (Å²) >= 11 is 0. The normalized spacial score (nSPS) is 13.1. The average molecular weight is 284 g/mol. The molecule has 1 N–H and O–H groups in total. The molecule has 0 radical (unpaired) electrons. The molecular formula is C19H24O2. The summed E-state index contributed by atoms with van der Waals surface area (Å²) in [6.45, 7) is 6.35. The summed E-state index contributed by atoms with van der Waals surface area (Å²) in [5, 5.41) is 10.0. The Balaban J connectivity index is 1.94. The van der Waals surface area contributed by atoms with Crippen molar-refractivity contribution in [2.75, 3.05) is 6.61 Å². The van der Waals surface area contributed by atoms with Gasteiger partial charge in [-0.25, -0.2) is 0 Å². The molecule has 1 atom stereocenters. The number of aliphatic hydroxyl groups is 1.